The molecule has 2 unspecified atom stereocenters. The first kappa shape index (κ1) is 75.1. The fraction of sp³-hybridized carbons (Fsp3) is 0.887. The maximum atomic E-state index is 12.5. The minimum absolute atomic E-state index is 0.00817. The van der Waals surface area contributed by atoms with Crippen molar-refractivity contribution in [3.8, 4) is 0 Å². The highest BCUT2D eigenvalue weighted by molar-refractivity contribution is 5.76. The van der Waals surface area contributed by atoms with E-state index in [0.717, 1.165) is 51.4 Å². The third-order valence-electron chi connectivity index (χ3n) is 16.2. The van der Waals surface area contributed by atoms with E-state index in [2.05, 4.69) is 55.6 Å². The van der Waals surface area contributed by atoms with E-state index in [0.29, 0.717) is 25.9 Å². The highest BCUT2D eigenvalue weighted by Gasteiger charge is 2.20. The van der Waals surface area contributed by atoms with Gasteiger partial charge in [0.2, 0.25) is 5.91 Å². The molecule has 0 aliphatic heterocycles. The van der Waals surface area contributed by atoms with Crippen LogP contribution in [0.15, 0.2) is 36.5 Å². The van der Waals surface area contributed by atoms with Crippen molar-refractivity contribution in [2.24, 2.45) is 0 Å². The quantitative estimate of drug-likeness (QED) is 0.0320. The van der Waals surface area contributed by atoms with Gasteiger partial charge < -0.3 is 20.3 Å². The third kappa shape index (κ3) is 63.1. The summed E-state index contributed by atoms with van der Waals surface area (Å²) in [5.74, 6) is -0.0254. The number of nitrogens with one attached hydrogen (secondary N) is 1. The molecule has 0 aromatic heterocycles. The number of hydrogen-bond donors (Lipinski definition) is 3. The first-order valence-corrected chi connectivity index (χ1v) is 34.7. The van der Waals surface area contributed by atoms with Crippen LogP contribution in [-0.4, -0.2) is 47.4 Å². The predicted molar refractivity (Wildman–Crippen MR) is 338 cm³/mol. The highest BCUT2D eigenvalue weighted by atomic mass is 16.5. The molecule has 3 N–H and O–H groups in total. The molecule has 0 fully saturated rings. The van der Waals surface area contributed by atoms with Crippen LogP contribution < -0.4 is 5.32 Å². The fourth-order valence-electron chi connectivity index (χ4n) is 10.8. The molecule has 0 heterocycles. The Balaban J connectivity index is 3.37. The monoisotopic (exact) mass is 1080 g/mol. The second kappa shape index (κ2) is 66.6. The van der Waals surface area contributed by atoms with E-state index in [1.165, 1.54) is 295 Å². The molecule has 0 rings (SSSR count). The largest absolute Gasteiger partial charge is 0.466 e. The van der Waals surface area contributed by atoms with Crippen molar-refractivity contribution >= 4 is 11.9 Å². The lowest BCUT2D eigenvalue weighted by Crippen LogP contribution is -2.45. The molecule has 0 aliphatic carbocycles. The molecular formula is C71H135NO5. The number of esters is 1. The molecule has 6 nitrogen and oxygen atoms in total. The molecule has 0 saturated heterocycles. The first-order chi connectivity index (χ1) is 38.0. The number of unbranched alkanes of at least 4 members (excludes halogenated alkanes) is 48. The van der Waals surface area contributed by atoms with Gasteiger partial charge in [-0.3, -0.25) is 9.59 Å². The van der Waals surface area contributed by atoms with Crippen LogP contribution in [0.5, 0.6) is 0 Å². The second-order valence-electron chi connectivity index (χ2n) is 23.9. The number of aliphatic hydroxyl groups is 2. The number of allylic oxidation sites excluding steroid dienone is 6. The van der Waals surface area contributed by atoms with E-state index in [1.807, 2.05) is 0 Å². The Morgan fingerprint density at radius 1 is 0.364 bits per heavy atom. The van der Waals surface area contributed by atoms with Gasteiger partial charge in [0.05, 0.1) is 25.4 Å². The summed E-state index contributed by atoms with van der Waals surface area (Å²) in [5, 5.41) is 23.3. The number of ether oxygens (including phenoxy) is 1. The molecule has 0 spiro atoms. The van der Waals surface area contributed by atoms with Gasteiger partial charge in [-0.1, -0.05) is 320 Å². The van der Waals surface area contributed by atoms with Gasteiger partial charge in [0.25, 0.3) is 0 Å². The summed E-state index contributed by atoms with van der Waals surface area (Å²) in [5.41, 5.74) is 0. The number of rotatable bonds is 65. The average molecular weight is 1080 g/mol. The minimum atomic E-state index is -0.665. The highest BCUT2D eigenvalue weighted by Crippen LogP contribution is 2.18. The fourth-order valence-corrected chi connectivity index (χ4v) is 10.8. The van der Waals surface area contributed by atoms with Gasteiger partial charge in [-0.25, -0.2) is 0 Å². The normalized spacial score (nSPS) is 12.7. The second-order valence-corrected chi connectivity index (χ2v) is 23.9. The molecule has 2 atom stereocenters. The van der Waals surface area contributed by atoms with Gasteiger partial charge in [0.1, 0.15) is 0 Å². The van der Waals surface area contributed by atoms with E-state index in [-0.39, 0.29) is 18.5 Å². The predicted octanol–water partition coefficient (Wildman–Crippen LogP) is 22.3. The van der Waals surface area contributed by atoms with Crippen LogP contribution in [0.2, 0.25) is 0 Å². The Hall–Kier alpha value is -1.92. The zero-order chi connectivity index (χ0) is 55.7. The summed E-state index contributed by atoms with van der Waals surface area (Å²) >= 11 is 0. The van der Waals surface area contributed by atoms with Gasteiger partial charge in [-0.05, 0) is 83.5 Å². The van der Waals surface area contributed by atoms with E-state index in [4.69, 9.17) is 4.74 Å². The van der Waals surface area contributed by atoms with Crippen molar-refractivity contribution in [2.45, 2.75) is 392 Å². The van der Waals surface area contributed by atoms with Gasteiger partial charge >= 0.3 is 5.97 Å². The van der Waals surface area contributed by atoms with Crippen molar-refractivity contribution in [1.82, 2.24) is 5.32 Å². The summed E-state index contributed by atoms with van der Waals surface area (Å²) in [6.45, 7) is 4.96. The minimum Gasteiger partial charge on any atom is -0.466 e. The number of hydrogen-bond acceptors (Lipinski definition) is 5. The molecule has 454 valence electrons. The van der Waals surface area contributed by atoms with E-state index in [9.17, 15) is 19.8 Å². The topological polar surface area (TPSA) is 95.9 Å². The number of carbonyl (C=O) groups is 2. The molecule has 0 bridgehead atoms. The van der Waals surface area contributed by atoms with Crippen LogP contribution in [-0.2, 0) is 14.3 Å². The van der Waals surface area contributed by atoms with Crippen LogP contribution in [0.3, 0.4) is 0 Å². The first-order valence-electron chi connectivity index (χ1n) is 34.7. The van der Waals surface area contributed by atoms with Gasteiger partial charge in [0, 0.05) is 12.8 Å². The number of amides is 1. The number of carbonyl (C=O) groups excluding carboxylic acids is 2. The standard InChI is InChI=1S/C71H135NO5/c1-3-5-7-9-11-13-15-17-19-20-33-37-41-45-49-53-57-61-65-71(76)77-66-62-58-54-50-46-42-38-34-31-29-27-25-23-21-22-24-26-28-30-32-36-40-44-48-52-56-60-64-70(75)72-68(67-73)69(74)63-59-55-51-47-43-39-35-18-16-14-12-10-8-6-4-2/h13,15,19-22,68-69,73-74H,3-12,14,16-18,23-67H2,1-2H3,(H,72,75)/b15-13-,20-19-,22-21-. The summed E-state index contributed by atoms with van der Waals surface area (Å²) in [7, 11) is 0. The lowest BCUT2D eigenvalue weighted by molar-refractivity contribution is -0.143. The zero-order valence-corrected chi connectivity index (χ0v) is 52.0. The van der Waals surface area contributed by atoms with Crippen molar-refractivity contribution in [1.29, 1.82) is 0 Å². The molecule has 1 amide bonds. The Kier molecular flexibility index (Phi) is 64.9. The van der Waals surface area contributed by atoms with Gasteiger partial charge in [0.15, 0.2) is 0 Å². The Morgan fingerprint density at radius 2 is 0.649 bits per heavy atom. The zero-order valence-electron chi connectivity index (χ0n) is 52.0. The lowest BCUT2D eigenvalue weighted by atomic mass is 10.0. The summed E-state index contributed by atoms with van der Waals surface area (Å²) < 4.78 is 5.50. The molecule has 0 aliphatic rings. The summed E-state index contributed by atoms with van der Waals surface area (Å²) in [4.78, 5) is 24.6. The van der Waals surface area contributed by atoms with E-state index >= 15 is 0 Å². The van der Waals surface area contributed by atoms with Crippen LogP contribution in [0, 0.1) is 0 Å². The molecule has 0 aromatic carbocycles. The summed E-state index contributed by atoms with van der Waals surface area (Å²) in [6, 6.07) is -0.542. The van der Waals surface area contributed by atoms with Crippen LogP contribution in [0.25, 0.3) is 0 Å². The van der Waals surface area contributed by atoms with Crippen LogP contribution in [0.4, 0.5) is 0 Å². The van der Waals surface area contributed by atoms with Crippen molar-refractivity contribution in [2.75, 3.05) is 13.2 Å². The van der Waals surface area contributed by atoms with Crippen molar-refractivity contribution < 1.29 is 24.5 Å². The molecule has 6 heteroatoms. The molecule has 77 heavy (non-hydrogen) atoms. The van der Waals surface area contributed by atoms with Gasteiger partial charge in [-0.15, -0.1) is 0 Å². The SMILES string of the molecule is CCCCCC/C=C\C/C=C\CCCCCCCCCC(=O)OCCCCCCCCCCCCCC/C=C\CCCCCCCCCCCCCC(=O)NC(CO)C(O)CCCCCCCCCCCCCCCCC. The lowest BCUT2D eigenvalue weighted by Gasteiger charge is -2.22. The Labute approximate surface area is 481 Å². The van der Waals surface area contributed by atoms with Crippen molar-refractivity contribution in [3.63, 3.8) is 0 Å². The van der Waals surface area contributed by atoms with Crippen molar-refractivity contribution in [3.05, 3.63) is 36.5 Å². The van der Waals surface area contributed by atoms with Gasteiger partial charge in [-0.2, -0.15) is 0 Å². The van der Waals surface area contributed by atoms with Crippen LogP contribution >= 0.6 is 0 Å². The third-order valence-corrected chi connectivity index (χ3v) is 16.2. The number of aliphatic hydroxyl groups excluding tert-OH is 2. The Morgan fingerprint density at radius 3 is 1.01 bits per heavy atom. The van der Waals surface area contributed by atoms with E-state index in [1.54, 1.807) is 0 Å². The van der Waals surface area contributed by atoms with Crippen LogP contribution in [0.1, 0.15) is 380 Å². The maximum Gasteiger partial charge on any atom is 0.305 e. The molecule has 0 radical (unpaired) electrons. The average Bonchev–Trinajstić information content (AvgIpc) is 3.43. The van der Waals surface area contributed by atoms with E-state index < -0.39 is 12.1 Å². The summed E-state index contributed by atoms with van der Waals surface area (Å²) in [6.07, 6.45) is 84.7. The molecule has 0 aromatic rings. The molecule has 0 saturated carbocycles. The maximum absolute atomic E-state index is 12.5. The Bertz CT molecular complexity index is 1250. The molecular weight excluding hydrogens is 947 g/mol. The smallest absolute Gasteiger partial charge is 0.305 e.